The highest BCUT2D eigenvalue weighted by Crippen LogP contribution is 2.32. The van der Waals surface area contributed by atoms with Gasteiger partial charge in [-0.1, -0.05) is 12.1 Å². The van der Waals surface area contributed by atoms with Gasteiger partial charge in [-0.25, -0.2) is 0 Å². The number of hydrogen-bond donors (Lipinski definition) is 2. The molecule has 0 saturated carbocycles. The van der Waals surface area contributed by atoms with E-state index in [1.807, 2.05) is 32.0 Å². The van der Waals surface area contributed by atoms with Crippen LogP contribution in [0.25, 0.3) is 0 Å². The minimum absolute atomic E-state index is 0.110. The average Bonchev–Trinajstić information content (AvgIpc) is 3.03. The number of amides is 2. The van der Waals surface area contributed by atoms with Crippen molar-refractivity contribution in [2.24, 2.45) is 0 Å². The number of rotatable bonds is 4. The molecule has 2 N–H and O–H groups in total. The van der Waals surface area contributed by atoms with Crippen molar-refractivity contribution in [1.29, 1.82) is 0 Å². The van der Waals surface area contributed by atoms with E-state index in [0.717, 1.165) is 16.8 Å². The zero-order valence-corrected chi connectivity index (χ0v) is 13.5. The Hall–Kier alpha value is -3.02. The Morgan fingerprint density at radius 3 is 2.67 bits per heavy atom. The van der Waals surface area contributed by atoms with Crippen LogP contribution in [0.2, 0.25) is 0 Å². The van der Waals surface area contributed by atoms with Gasteiger partial charge < -0.3 is 20.1 Å². The molecule has 0 bridgehead atoms. The molecule has 1 aliphatic rings. The van der Waals surface area contributed by atoms with Gasteiger partial charge in [-0.3, -0.25) is 9.59 Å². The summed E-state index contributed by atoms with van der Waals surface area (Å²) in [5.74, 6) is 0.518. The van der Waals surface area contributed by atoms with E-state index in [2.05, 4.69) is 10.6 Å². The van der Waals surface area contributed by atoms with Gasteiger partial charge in [0.2, 0.25) is 12.7 Å². The normalized spacial score (nSPS) is 11.9. The Bertz CT molecular complexity index is 802. The summed E-state index contributed by atoms with van der Waals surface area (Å²) in [6.45, 7) is 3.91. The number of fused-ring (bicyclic) bond motifs is 1. The van der Waals surface area contributed by atoms with Crippen molar-refractivity contribution >= 4 is 17.5 Å². The second kappa shape index (κ2) is 6.62. The predicted molar refractivity (Wildman–Crippen MR) is 89.4 cm³/mol. The fourth-order valence-corrected chi connectivity index (χ4v) is 2.37. The van der Waals surface area contributed by atoms with E-state index >= 15 is 0 Å². The van der Waals surface area contributed by atoms with Gasteiger partial charge in [0, 0.05) is 11.3 Å². The van der Waals surface area contributed by atoms with Crippen LogP contribution in [0.1, 0.15) is 21.5 Å². The summed E-state index contributed by atoms with van der Waals surface area (Å²) >= 11 is 0. The summed E-state index contributed by atoms with van der Waals surface area (Å²) in [5.41, 5.74) is 3.19. The van der Waals surface area contributed by atoms with Crippen molar-refractivity contribution in [3.8, 4) is 11.5 Å². The standard InChI is InChI=1S/C18H18N2O4/c1-11-3-4-12(2)14(7-11)20-17(21)9-19-18(22)13-5-6-15-16(8-13)24-10-23-15/h3-8H,9-10H2,1-2H3,(H,19,22)(H,20,21). The summed E-state index contributed by atoms with van der Waals surface area (Å²) in [5, 5.41) is 5.40. The number of anilines is 1. The number of benzene rings is 2. The third kappa shape index (κ3) is 3.48. The van der Waals surface area contributed by atoms with Gasteiger partial charge in [-0.2, -0.15) is 0 Å². The van der Waals surface area contributed by atoms with E-state index < -0.39 is 0 Å². The van der Waals surface area contributed by atoms with Gasteiger partial charge in [0.25, 0.3) is 5.91 Å². The van der Waals surface area contributed by atoms with E-state index in [0.29, 0.717) is 17.1 Å². The highest BCUT2D eigenvalue weighted by Gasteiger charge is 2.16. The molecule has 24 heavy (non-hydrogen) atoms. The number of aryl methyl sites for hydroxylation is 2. The van der Waals surface area contributed by atoms with Crippen molar-refractivity contribution in [3.05, 3.63) is 53.1 Å². The minimum Gasteiger partial charge on any atom is -0.454 e. The van der Waals surface area contributed by atoms with Gasteiger partial charge >= 0.3 is 0 Å². The molecule has 0 unspecified atom stereocenters. The highest BCUT2D eigenvalue weighted by atomic mass is 16.7. The Morgan fingerprint density at radius 1 is 1.04 bits per heavy atom. The van der Waals surface area contributed by atoms with Gasteiger partial charge in [0.05, 0.1) is 6.54 Å². The average molecular weight is 326 g/mol. The first kappa shape index (κ1) is 15.9. The predicted octanol–water partition coefficient (Wildman–Crippen LogP) is 2.40. The van der Waals surface area contributed by atoms with Crippen LogP contribution in [0.5, 0.6) is 11.5 Å². The molecular weight excluding hydrogens is 308 g/mol. The number of carbonyl (C=O) groups is 2. The van der Waals surface area contributed by atoms with Crippen LogP contribution in [0.4, 0.5) is 5.69 Å². The highest BCUT2D eigenvalue weighted by molar-refractivity contribution is 5.99. The summed E-state index contributed by atoms with van der Waals surface area (Å²) in [6.07, 6.45) is 0. The topological polar surface area (TPSA) is 76.7 Å². The van der Waals surface area contributed by atoms with Crippen LogP contribution in [0.3, 0.4) is 0 Å². The fourth-order valence-electron chi connectivity index (χ4n) is 2.37. The summed E-state index contributed by atoms with van der Waals surface area (Å²) in [6, 6.07) is 10.7. The van der Waals surface area contributed by atoms with Crippen molar-refractivity contribution in [2.75, 3.05) is 18.7 Å². The molecule has 2 aromatic rings. The lowest BCUT2D eigenvalue weighted by atomic mass is 10.1. The lowest BCUT2D eigenvalue weighted by Gasteiger charge is -2.10. The Labute approximate surface area is 139 Å². The number of carbonyl (C=O) groups excluding carboxylic acids is 2. The number of nitrogens with one attached hydrogen (secondary N) is 2. The molecule has 6 nitrogen and oxygen atoms in total. The molecule has 0 aliphatic carbocycles. The van der Waals surface area contributed by atoms with Crippen LogP contribution >= 0.6 is 0 Å². The van der Waals surface area contributed by atoms with Crippen LogP contribution in [0, 0.1) is 13.8 Å². The second-order valence-electron chi connectivity index (χ2n) is 5.62. The van der Waals surface area contributed by atoms with Gasteiger partial charge in [0.1, 0.15) is 0 Å². The molecule has 2 aromatic carbocycles. The molecule has 0 spiro atoms. The maximum absolute atomic E-state index is 12.1. The van der Waals surface area contributed by atoms with Crippen molar-refractivity contribution in [1.82, 2.24) is 5.32 Å². The summed E-state index contributed by atoms with van der Waals surface area (Å²) in [4.78, 5) is 24.2. The largest absolute Gasteiger partial charge is 0.454 e. The molecular formula is C18H18N2O4. The zero-order chi connectivity index (χ0) is 17.1. The molecule has 0 aromatic heterocycles. The van der Waals surface area contributed by atoms with Crippen LogP contribution < -0.4 is 20.1 Å². The number of ether oxygens (including phenoxy) is 2. The first-order chi connectivity index (χ1) is 11.5. The monoisotopic (exact) mass is 326 g/mol. The fraction of sp³-hybridized carbons (Fsp3) is 0.222. The van der Waals surface area contributed by atoms with E-state index in [9.17, 15) is 9.59 Å². The SMILES string of the molecule is Cc1ccc(C)c(NC(=O)CNC(=O)c2ccc3c(c2)OCO3)c1. The van der Waals surface area contributed by atoms with Gasteiger partial charge in [-0.05, 0) is 49.2 Å². The molecule has 6 heteroatoms. The maximum atomic E-state index is 12.1. The van der Waals surface area contributed by atoms with Crippen LogP contribution in [-0.4, -0.2) is 25.2 Å². The summed E-state index contributed by atoms with van der Waals surface area (Å²) < 4.78 is 10.4. The smallest absolute Gasteiger partial charge is 0.251 e. The molecule has 0 radical (unpaired) electrons. The van der Waals surface area contributed by atoms with Gasteiger partial charge in [-0.15, -0.1) is 0 Å². The first-order valence-electron chi connectivity index (χ1n) is 7.58. The van der Waals surface area contributed by atoms with Crippen molar-refractivity contribution in [3.63, 3.8) is 0 Å². The van der Waals surface area contributed by atoms with Crippen molar-refractivity contribution in [2.45, 2.75) is 13.8 Å². The molecule has 1 aliphatic heterocycles. The van der Waals surface area contributed by atoms with E-state index in [4.69, 9.17) is 9.47 Å². The first-order valence-corrected chi connectivity index (χ1v) is 7.58. The van der Waals surface area contributed by atoms with Gasteiger partial charge in [0.15, 0.2) is 11.5 Å². The molecule has 0 fully saturated rings. The van der Waals surface area contributed by atoms with E-state index in [1.165, 1.54) is 0 Å². The molecule has 2 amide bonds. The van der Waals surface area contributed by atoms with E-state index in [-0.39, 0.29) is 25.2 Å². The molecule has 0 saturated heterocycles. The molecule has 0 atom stereocenters. The Morgan fingerprint density at radius 2 is 1.83 bits per heavy atom. The number of hydrogen-bond acceptors (Lipinski definition) is 4. The second-order valence-corrected chi connectivity index (χ2v) is 5.62. The maximum Gasteiger partial charge on any atom is 0.251 e. The Kier molecular flexibility index (Phi) is 4.37. The lowest BCUT2D eigenvalue weighted by Crippen LogP contribution is -2.33. The molecule has 3 rings (SSSR count). The minimum atomic E-state index is -0.343. The van der Waals surface area contributed by atoms with Crippen LogP contribution in [-0.2, 0) is 4.79 Å². The third-order valence-corrected chi connectivity index (χ3v) is 3.71. The Balaban J connectivity index is 1.58. The lowest BCUT2D eigenvalue weighted by molar-refractivity contribution is -0.115. The molecule has 124 valence electrons. The summed E-state index contributed by atoms with van der Waals surface area (Å²) in [7, 11) is 0. The molecule has 1 heterocycles. The zero-order valence-electron chi connectivity index (χ0n) is 13.5. The quantitative estimate of drug-likeness (QED) is 0.904. The van der Waals surface area contributed by atoms with E-state index in [1.54, 1.807) is 18.2 Å². The van der Waals surface area contributed by atoms with Crippen LogP contribution in [0.15, 0.2) is 36.4 Å². The third-order valence-electron chi connectivity index (χ3n) is 3.71. The van der Waals surface area contributed by atoms with Crippen molar-refractivity contribution < 1.29 is 19.1 Å².